The smallest absolute Gasteiger partial charge is 0.273 e. The van der Waals surface area contributed by atoms with Crippen LogP contribution < -0.4 is 11.1 Å². The van der Waals surface area contributed by atoms with Gasteiger partial charge in [-0.15, -0.1) is 0 Å². The molecule has 28 heavy (non-hydrogen) atoms. The first-order chi connectivity index (χ1) is 13.7. The number of aromatic nitrogens is 2. The highest BCUT2D eigenvalue weighted by atomic mass is 16.2. The van der Waals surface area contributed by atoms with Gasteiger partial charge < -0.3 is 16.0 Å². The Morgan fingerprint density at radius 3 is 2.21 bits per heavy atom. The van der Waals surface area contributed by atoms with Crippen LogP contribution >= 0.6 is 0 Å². The predicted octanol–water partition coefficient (Wildman–Crippen LogP) is 3.63. The van der Waals surface area contributed by atoms with Crippen molar-refractivity contribution in [3.05, 3.63) is 83.0 Å². The van der Waals surface area contributed by atoms with E-state index in [9.17, 15) is 4.79 Å². The van der Waals surface area contributed by atoms with E-state index in [-0.39, 0.29) is 17.9 Å². The number of nitrogen functional groups attached to an aromatic ring is 1. The molecule has 0 atom stereocenters. The average Bonchev–Trinajstić information content (AvgIpc) is 3.03. The van der Waals surface area contributed by atoms with E-state index in [0.29, 0.717) is 24.6 Å². The lowest BCUT2D eigenvalue weighted by molar-refractivity contribution is 0.0774. The summed E-state index contributed by atoms with van der Waals surface area (Å²) in [6.07, 6.45) is 0.891. The number of hydrogen-bond donors (Lipinski definition) is 2. The fourth-order valence-electron chi connectivity index (χ4n) is 3.60. The second-order valence-electron chi connectivity index (χ2n) is 6.88. The zero-order chi connectivity index (χ0) is 19.5. The van der Waals surface area contributed by atoms with Gasteiger partial charge in [-0.2, -0.15) is 4.98 Å². The largest absolute Gasteiger partial charge is 0.368 e. The van der Waals surface area contributed by atoms with Gasteiger partial charge in [0.05, 0.1) is 12.6 Å². The molecular formula is C22H23N5O. The lowest BCUT2D eigenvalue weighted by Gasteiger charge is -2.22. The molecule has 0 aliphatic carbocycles. The minimum Gasteiger partial charge on any atom is -0.368 e. The maximum Gasteiger partial charge on any atom is 0.273 e. The number of nitrogens with one attached hydrogen (secondary N) is 1. The molecule has 4 rings (SSSR count). The molecule has 0 unspecified atom stereocenters. The summed E-state index contributed by atoms with van der Waals surface area (Å²) in [7, 11) is 0. The van der Waals surface area contributed by atoms with Crippen LogP contribution in [0.25, 0.3) is 0 Å². The first-order valence-corrected chi connectivity index (χ1v) is 9.49. The highest BCUT2D eigenvalue weighted by Crippen LogP contribution is 2.32. The fourth-order valence-corrected chi connectivity index (χ4v) is 3.60. The topological polar surface area (TPSA) is 84.1 Å². The molecule has 2 heterocycles. The Labute approximate surface area is 164 Å². The van der Waals surface area contributed by atoms with Gasteiger partial charge in [0.25, 0.3) is 5.91 Å². The van der Waals surface area contributed by atoms with E-state index in [1.165, 1.54) is 0 Å². The molecule has 1 aliphatic rings. The predicted molar refractivity (Wildman–Crippen MR) is 110 cm³/mol. The van der Waals surface area contributed by atoms with Gasteiger partial charge in [-0.25, -0.2) is 4.98 Å². The van der Waals surface area contributed by atoms with Crippen molar-refractivity contribution >= 4 is 17.7 Å². The molecule has 3 N–H and O–H groups in total. The van der Waals surface area contributed by atoms with Crippen LogP contribution in [-0.2, 0) is 6.54 Å². The molecule has 6 heteroatoms. The standard InChI is InChI=1S/C22H23N5O/c1-2-13-27-14-17-19(21(27)28)25-22(23)26-20(17)24-18(15-9-5-3-6-10-15)16-11-7-4-8-12-16/h3-12,18H,2,13-14H2,1H3,(H3,23,24,25,26). The Bertz CT molecular complexity index is 935. The van der Waals surface area contributed by atoms with Crippen molar-refractivity contribution in [3.8, 4) is 0 Å². The Kier molecular flexibility index (Phi) is 4.93. The van der Waals surface area contributed by atoms with Crippen molar-refractivity contribution in [2.24, 2.45) is 0 Å². The number of anilines is 2. The zero-order valence-corrected chi connectivity index (χ0v) is 15.8. The molecular weight excluding hydrogens is 350 g/mol. The fraction of sp³-hybridized carbons (Fsp3) is 0.227. The summed E-state index contributed by atoms with van der Waals surface area (Å²) in [4.78, 5) is 23.1. The van der Waals surface area contributed by atoms with E-state index in [4.69, 9.17) is 5.73 Å². The van der Waals surface area contributed by atoms with Crippen LogP contribution in [0.5, 0.6) is 0 Å². The first kappa shape index (κ1) is 18.0. The lowest BCUT2D eigenvalue weighted by Crippen LogP contribution is -2.24. The Hall–Kier alpha value is -3.41. The summed E-state index contributed by atoms with van der Waals surface area (Å²) in [6, 6.07) is 20.2. The molecule has 1 aromatic heterocycles. The third-order valence-electron chi connectivity index (χ3n) is 4.90. The second kappa shape index (κ2) is 7.68. The maximum atomic E-state index is 12.7. The number of hydrogen-bond acceptors (Lipinski definition) is 5. The molecule has 0 fully saturated rings. The number of amides is 1. The van der Waals surface area contributed by atoms with E-state index in [2.05, 4.69) is 46.5 Å². The van der Waals surface area contributed by atoms with Crippen LogP contribution in [0.2, 0.25) is 0 Å². The molecule has 142 valence electrons. The molecule has 3 aromatic rings. The van der Waals surface area contributed by atoms with Crippen LogP contribution in [0.15, 0.2) is 60.7 Å². The van der Waals surface area contributed by atoms with Crippen LogP contribution in [-0.4, -0.2) is 27.3 Å². The number of carbonyl (C=O) groups is 1. The molecule has 0 bridgehead atoms. The quantitative estimate of drug-likeness (QED) is 0.689. The number of nitrogens with zero attached hydrogens (tertiary/aromatic N) is 3. The second-order valence-corrected chi connectivity index (χ2v) is 6.88. The zero-order valence-electron chi connectivity index (χ0n) is 15.8. The van der Waals surface area contributed by atoms with E-state index < -0.39 is 0 Å². The van der Waals surface area contributed by atoms with Gasteiger partial charge >= 0.3 is 0 Å². The Balaban J connectivity index is 1.75. The van der Waals surface area contributed by atoms with Crippen molar-refractivity contribution in [1.29, 1.82) is 0 Å². The SMILES string of the molecule is CCCN1Cc2c(NC(c3ccccc3)c3ccccc3)nc(N)nc2C1=O. The highest BCUT2D eigenvalue weighted by Gasteiger charge is 2.32. The number of nitrogens with two attached hydrogens (primary N) is 1. The molecule has 0 spiro atoms. The third kappa shape index (κ3) is 3.41. The van der Waals surface area contributed by atoms with E-state index in [1.807, 2.05) is 36.4 Å². The number of benzene rings is 2. The third-order valence-corrected chi connectivity index (χ3v) is 4.90. The molecule has 1 amide bonds. The van der Waals surface area contributed by atoms with Gasteiger partial charge in [0.15, 0.2) is 0 Å². The summed E-state index contributed by atoms with van der Waals surface area (Å²) in [5, 5.41) is 3.53. The molecule has 6 nitrogen and oxygen atoms in total. The molecule has 2 aromatic carbocycles. The van der Waals surface area contributed by atoms with E-state index >= 15 is 0 Å². The summed E-state index contributed by atoms with van der Waals surface area (Å²) >= 11 is 0. The van der Waals surface area contributed by atoms with Gasteiger partial charge in [0.2, 0.25) is 5.95 Å². The number of fused-ring (bicyclic) bond motifs is 1. The summed E-state index contributed by atoms with van der Waals surface area (Å²) in [5.74, 6) is 0.643. The molecule has 0 saturated carbocycles. The number of rotatable bonds is 6. The van der Waals surface area contributed by atoms with Crippen molar-refractivity contribution < 1.29 is 4.79 Å². The Morgan fingerprint density at radius 2 is 1.64 bits per heavy atom. The van der Waals surface area contributed by atoms with Gasteiger partial charge in [-0.1, -0.05) is 67.6 Å². The molecule has 1 aliphatic heterocycles. The summed E-state index contributed by atoms with van der Waals surface area (Å²) in [6.45, 7) is 3.24. The van der Waals surface area contributed by atoms with Crippen LogP contribution in [0.4, 0.5) is 11.8 Å². The van der Waals surface area contributed by atoms with Crippen molar-refractivity contribution in [1.82, 2.24) is 14.9 Å². The Morgan fingerprint density at radius 1 is 1.04 bits per heavy atom. The minimum absolute atomic E-state index is 0.0787. The lowest BCUT2D eigenvalue weighted by atomic mass is 9.98. The van der Waals surface area contributed by atoms with Crippen LogP contribution in [0.1, 0.15) is 46.6 Å². The van der Waals surface area contributed by atoms with Gasteiger partial charge in [-0.05, 0) is 17.5 Å². The highest BCUT2D eigenvalue weighted by molar-refractivity contribution is 5.98. The monoisotopic (exact) mass is 373 g/mol. The van der Waals surface area contributed by atoms with Gasteiger partial charge in [0.1, 0.15) is 11.5 Å². The van der Waals surface area contributed by atoms with Crippen molar-refractivity contribution in [2.45, 2.75) is 25.9 Å². The molecule has 0 radical (unpaired) electrons. The van der Waals surface area contributed by atoms with Crippen molar-refractivity contribution in [3.63, 3.8) is 0 Å². The minimum atomic E-state index is -0.115. The average molecular weight is 373 g/mol. The first-order valence-electron chi connectivity index (χ1n) is 9.49. The van der Waals surface area contributed by atoms with E-state index in [0.717, 1.165) is 23.1 Å². The number of carbonyl (C=O) groups excluding carboxylic acids is 1. The van der Waals surface area contributed by atoms with Gasteiger partial charge in [0, 0.05) is 12.1 Å². The normalized spacial score (nSPS) is 13.1. The maximum absolute atomic E-state index is 12.7. The van der Waals surface area contributed by atoms with Crippen LogP contribution in [0, 0.1) is 0 Å². The van der Waals surface area contributed by atoms with E-state index in [1.54, 1.807) is 4.90 Å². The van der Waals surface area contributed by atoms with Gasteiger partial charge in [-0.3, -0.25) is 4.79 Å². The van der Waals surface area contributed by atoms with Crippen LogP contribution in [0.3, 0.4) is 0 Å². The molecule has 0 saturated heterocycles. The summed E-state index contributed by atoms with van der Waals surface area (Å²) < 4.78 is 0. The van der Waals surface area contributed by atoms with Crippen molar-refractivity contribution in [2.75, 3.05) is 17.6 Å². The summed E-state index contributed by atoms with van der Waals surface area (Å²) in [5.41, 5.74) is 9.36.